The highest BCUT2D eigenvalue weighted by atomic mass is 16.4. The van der Waals surface area contributed by atoms with Crippen LogP contribution in [0.5, 0.6) is 0 Å². The largest absolute Gasteiger partial charge is 0.481 e. The molecule has 1 heterocycles. The minimum atomic E-state index is -0.902. The Kier molecular flexibility index (Phi) is 4.12. The number of carboxylic acids is 1. The molecule has 1 amide bonds. The summed E-state index contributed by atoms with van der Waals surface area (Å²) in [6, 6.07) is 0.250. The summed E-state index contributed by atoms with van der Waals surface area (Å²) < 4.78 is 0. The van der Waals surface area contributed by atoms with Gasteiger partial charge in [0, 0.05) is 19.0 Å². The number of piperidine rings is 1. The molecule has 1 saturated heterocycles. The molecule has 0 aliphatic carbocycles. The van der Waals surface area contributed by atoms with E-state index in [-0.39, 0.29) is 24.8 Å². The van der Waals surface area contributed by atoms with Crippen LogP contribution in [0.3, 0.4) is 0 Å². The molecule has 86 valence electrons. The summed E-state index contributed by atoms with van der Waals surface area (Å²) in [4.78, 5) is 23.9. The van der Waals surface area contributed by atoms with Crippen molar-refractivity contribution in [1.29, 1.82) is 0 Å². The van der Waals surface area contributed by atoms with Crippen molar-refractivity contribution in [2.45, 2.75) is 45.6 Å². The number of hydrogen-bond donors (Lipinski definition) is 1. The Morgan fingerprint density at radius 3 is 2.60 bits per heavy atom. The van der Waals surface area contributed by atoms with Crippen molar-refractivity contribution in [2.75, 3.05) is 6.54 Å². The number of carboxylic acid groups (broad SMARTS) is 1. The van der Waals surface area contributed by atoms with Crippen molar-refractivity contribution in [2.24, 2.45) is 5.92 Å². The van der Waals surface area contributed by atoms with Gasteiger partial charge in [-0.25, -0.2) is 0 Å². The molecule has 4 heteroatoms. The molecular weight excluding hydrogens is 194 g/mol. The zero-order valence-electron chi connectivity index (χ0n) is 9.40. The maximum absolute atomic E-state index is 11.7. The summed E-state index contributed by atoms with van der Waals surface area (Å²) >= 11 is 0. The zero-order valence-corrected chi connectivity index (χ0v) is 9.40. The molecule has 0 bridgehead atoms. The van der Waals surface area contributed by atoms with Crippen molar-refractivity contribution < 1.29 is 14.7 Å². The lowest BCUT2D eigenvalue weighted by atomic mass is 9.92. The smallest absolute Gasteiger partial charge is 0.303 e. The lowest BCUT2D eigenvalue weighted by molar-refractivity contribution is -0.142. The van der Waals surface area contributed by atoms with Crippen molar-refractivity contribution in [3.8, 4) is 0 Å². The molecule has 1 aliphatic heterocycles. The van der Waals surface area contributed by atoms with Crippen molar-refractivity contribution in [3.05, 3.63) is 0 Å². The molecule has 2 unspecified atom stereocenters. The third-order valence-electron chi connectivity index (χ3n) is 3.25. The first-order valence-electron chi connectivity index (χ1n) is 5.53. The van der Waals surface area contributed by atoms with E-state index in [1.54, 1.807) is 0 Å². The van der Waals surface area contributed by atoms with Crippen LogP contribution >= 0.6 is 0 Å². The second-order valence-corrected chi connectivity index (χ2v) is 4.34. The number of nitrogens with zero attached hydrogens (tertiary/aromatic N) is 1. The minimum absolute atomic E-state index is 0.0172. The van der Waals surface area contributed by atoms with Gasteiger partial charge in [-0.2, -0.15) is 0 Å². The fourth-order valence-corrected chi connectivity index (χ4v) is 2.04. The third kappa shape index (κ3) is 3.22. The van der Waals surface area contributed by atoms with Crippen LogP contribution in [-0.4, -0.2) is 34.5 Å². The van der Waals surface area contributed by atoms with Crippen LogP contribution in [0.25, 0.3) is 0 Å². The van der Waals surface area contributed by atoms with Crippen molar-refractivity contribution >= 4 is 11.9 Å². The first-order chi connectivity index (χ1) is 7.02. The summed E-state index contributed by atoms with van der Waals surface area (Å²) in [5.74, 6) is -0.398. The third-order valence-corrected chi connectivity index (χ3v) is 3.25. The van der Waals surface area contributed by atoms with Gasteiger partial charge in [0.2, 0.25) is 5.91 Å². The molecule has 0 aromatic carbocycles. The average Bonchev–Trinajstić information content (AvgIpc) is 2.18. The van der Waals surface area contributed by atoms with Gasteiger partial charge in [0.1, 0.15) is 0 Å². The lowest BCUT2D eigenvalue weighted by Gasteiger charge is -2.38. The highest BCUT2D eigenvalue weighted by Crippen LogP contribution is 2.23. The first kappa shape index (κ1) is 12.0. The van der Waals surface area contributed by atoms with E-state index in [1.165, 1.54) is 0 Å². The van der Waals surface area contributed by atoms with E-state index in [0.29, 0.717) is 5.92 Å². The number of aliphatic carboxylic acids is 1. The molecule has 0 aromatic heterocycles. The quantitative estimate of drug-likeness (QED) is 0.772. The van der Waals surface area contributed by atoms with E-state index in [9.17, 15) is 9.59 Å². The molecule has 0 spiro atoms. The number of likely N-dealkylation sites (tertiary alicyclic amines) is 1. The number of carbonyl (C=O) groups excluding carboxylic acids is 1. The predicted octanol–water partition coefficient (Wildman–Crippen LogP) is 1.50. The summed E-state index contributed by atoms with van der Waals surface area (Å²) in [5, 5.41) is 8.51. The highest BCUT2D eigenvalue weighted by Gasteiger charge is 2.28. The van der Waals surface area contributed by atoms with Gasteiger partial charge in [-0.05, 0) is 25.7 Å². The van der Waals surface area contributed by atoms with Gasteiger partial charge < -0.3 is 10.0 Å². The Morgan fingerprint density at radius 2 is 2.00 bits per heavy atom. The van der Waals surface area contributed by atoms with E-state index in [1.807, 2.05) is 11.8 Å². The van der Waals surface area contributed by atoms with Gasteiger partial charge in [-0.15, -0.1) is 0 Å². The van der Waals surface area contributed by atoms with E-state index in [2.05, 4.69) is 6.92 Å². The summed E-state index contributed by atoms with van der Waals surface area (Å²) in [7, 11) is 0. The Bertz CT molecular complexity index is 252. The fraction of sp³-hybridized carbons (Fsp3) is 0.818. The van der Waals surface area contributed by atoms with E-state index in [4.69, 9.17) is 5.11 Å². The minimum Gasteiger partial charge on any atom is -0.481 e. The van der Waals surface area contributed by atoms with Gasteiger partial charge in [0.15, 0.2) is 0 Å². The van der Waals surface area contributed by atoms with E-state index < -0.39 is 5.97 Å². The Balaban J connectivity index is 2.47. The van der Waals surface area contributed by atoms with Crippen LogP contribution < -0.4 is 0 Å². The highest BCUT2D eigenvalue weighted by molar-refractivity contribution is 5.81. The van der Waals surface area contributed by atoms with Gasteiger partial charge in [0.05, 0.1) is 6.42 Å². The standard InChI is InChI=1S/C11H19NO3/c1-8-4-3-7-12(9(8)2)10(13)5-6-11(14)15/h8-9H,3-7H2,1-2H3,(H,14,15). The Hall–Kier alpha value is -1.06. The monoisotopic (exact) mass is 213 g/mol. The molecule has 1 fully saturated rings. The van der Waals surface area contributed by atoms with Gasteiger partial charge in [0.25, 0.3) is 0 Å². The van der Waals surface area contributed by atoms with Crippen LogP contribution in [0, 0.1) is 5.92 Å². The molecule has 4 nitrogen and oxygen atoms in total. The van der Waals surface area contributed by atoms with Crippen molar-refractivity contribution in [1.82, 2.24) is 4.90 Å². The molecule has 0 saturated carbocycles. The van der Waals surface area contributed by atoms with Gasteiger partial charge >= 0.3 is 5.97 Å². The average molecular weight is 213 g/mol. The van der Waals surface area contributed by atoms with Gasteiger partial charge in [-0.3, -0.25) is 9.59 Å². The van der Waals surface area contributed by atoms with Crippen LogP contribution in [0.2, 0.25) is 0 Å². The summed E-state index contributed by atoms with van der Waals surface area (Å²) in [5.41, 5.74) is 0. The molecule has 2 atom stereocenters. The van der Waals surface area contributed by atoms with Crippen LogP contribution in [0.4, 0.5) is 0 Å². The second-order valence-electron chi connectivity index (χ2n) is 4.34. The van der Waals surface area contributed by atoms with Crippen LogP contribution in [-0.2, 0) is 9.59 Å². The topological polar surface area (TPSA) is 57.6 Å². The van der Waals surface area contributed by atoms with Crippen LogP contribution in [0.1, 0.15) is 39.5 Å². The summed E-state index contributed by atoms with van der Waals surface area (Å²) in [6.07, 6.45) is 2.26. The zero-order chi connectivity index (χ0) is 11.4. The second kappa shape index (κ2) is 5.14. The summed E-state index contributed by atoms with van der Waals surface area (Å²) in [6.45, 7) is 4.97. The molecule has 15 heavy (non-hydrogen) atoms. The number of rotatable bonds is 3. The van der Waals surface area contributed by atoms with Crippen LogP contribution in [0.15, 0.2) is 0 Å². The maximum atomic E-state index is 11.7. The molecule has 0 aromatic rings. The van der Waals surface area contributed by atoms with E-state index in [0.717, 1.165) is 19.4 Å². The Morgan fingerprint density at radius 1 is 1.33 bits per heavy atom. The lowest BCUT2D eigenvalue weighted by Crippen LogP contribution is -2.46. The SMILES string of the molecule is CC1CCCN(C(=O)CCC(=O)O)C1C. The number of amides is 1. The predicted molar refractivity (Wildman–Crippen MR) is 56.4 cm³/mol. The molecule has 1 N–H and O–H groups in total. The number of hydrogen-bond acceptors (Lipinski definition) is 2. The molecule has 0 radical (unpaired) electrons. The van der Waals surface area contributed by atoms with E-state index >= 15 is 0 Å². The maximum Gasteiger partial charge on any atom is 0.303 e. The normalized spacial score (nSPS) is 26.4. The number of carbonyl (C=O) groups is 2. The van der Waals surface area contributed by atoms with Crippen molar-refractivity contribution in [3.63, 3.8) is 0 Å². The fourth-order valence-electron chi connectivity index (χ4n) is 2.04. The molecular formula is C11H19NO3. The van der Waals surface area contributed by atoms with Gasteiger partial charge in [-0.1, -0.05) is 6.92 Å². The molecule has 1 rings (SSSR count). The molecule has 1 aliphatic rings. The Labute approximate surface area is 90.3 Å². The first-order valence-corrected chi connectivity index (χ1v) is 5.53.